The van der Waals surface area contributed by atoms with Crippen molar-refractivity contribution in [1.29, 1.82) is 0 Å². The first-order valence-electron chi connectivity index (χ1n) is 2.36. The lowest BCUT2D eigenvalue weighted by Crippen LogP contribution is -2.31. The van der Waals surface area contributed by atoms with Gasteiger partial charge in [-0.2, -0.15) is 0 Å². The van der Waals surface area contributed by atoms with Crippen molar-refractivity contribution in [3.63, 3.8) is 0 Å². The molecule has 2 N–H and O–H groups in total. The maximum Gasteiger partial charge on any atom is 0.342 e. The summed E-state index contributed by atoms with van der Waals surface area (Å²) in [5, 5.41) is 16.7. The zero-order valence-electron chi connectivity index (χ0n) is 4.48. The van der Waals surface area contributed by atoms with Crippen LogP contribution in [0.15, 0.2) is 0 Å². The fourth-order valence-corrected chi connectivity index (χ4v) is 0.523. The molecule has 1 saturated heterocycles. The highest BCUT2D eigenvalue weighted by Crippen LogP contribution is 2.06. The minimum absolute atomic E-state index is 0.193. The van der Waals surface area contributed by atoms with Crippen LogP contribution in [0.3, 0.4) is 0 Å². The molecule has 1 aliphatic rings. The van der Waals surface area contributed by atoms with Gasteiger partial charge in [-0.3, -0.25) is 0 Å². The summed E-state index contributed by atoms with van der Waals surface area (Å²) in [5.74, 6) is -0.731. The number of aliphatic hydroxyl groups is 2. The van der Waals surface area contributed by atoms with Crippen molar-refractivity contribution in [3.8, 4) is 0 Å². The predicted molar refractivity (Wildman–Crippen MR) is 24.1 cm³/mol. The molecule has 5 nitrogen and oxygen atoms in total. The normalized spacial score (nSPS) is 27.0. The Labute approximate surface area is 50.8 Å². The lowest BCUT2D eigenvalue weighted by molar-refractivity contribution is -0.154. The summed E-state index contributed by atoms with van der Waals surface area (Å²) in [6.07, 6.45) is -3.00. The minimum Gasteiger partial charge on any atom is -0.436 e. The molecule has 9 heavy (non-hydrogen) atoms. The Morgan fingerprint density at radius 2 is 2.33 bits per heavy atom. The Balaban J connectivity index is 2.49. The molecule has 0 aromatic carbocycles. The molecule has 1 aliphatic heterocycles. The lowest BCUT2D eigenvalue weighted by atomic mass is 10.4. The standard InChI is InChI=1S/C4H6O5/c5-3(6)2-4(7)9-1-8-2/h2-3,5-6H,1H2. The summed E-state index contributed by atoms with van der Waals surface area (Å²) in [5.41, 5.74) is 0. The first-order chi connectivity index (χ1) is 4.22. The van der Waals surface area contributed by atoms with Crippen molar-refractivity contribution in [3.05, 3.63) is 0 Å². The van der Waals surface area contributed by atoms with Crippen LogP contribution in [0, 0.1) is 0 Å². The second kappa shape index (κ2) is 2.30. The van der Waals surface area contributed by atoms with E-state index in [2.05, 4.69) is 9.47 Å². The molecule has 0 aromatic rings. The molecule has 1 heterocycles. The zero-order valence-corrected chi connectivity index (χ0v) is 4.48. The number of carbonyl (C=O) groups excluding carboxylic acids is 1. The fraction of sp³-hybridized carbons (Fsp3) is 0.750. The number of esters is 1. The lowest BCUT2D eigenvalue weighted by Gasteiger charge is -2.04. The van der Waals surface area contributed by atoms with Crippen LogP contribution < -0.4 is 0 Å². The van der Waals surface area contributed by atoms with Crippen LogP contribution in [0.1, 0.15) is 0 Å². The molecule has 0 saturated carbocycles. The average Bonchev–Trinajstić information content (AvgIpc) is 2.13. The van der Waals surface area contributed by atoms with Crippen LogP contribution in [0.4, 0.5) is 0 Å². The zero-order chi connectivity index (χ0) is 6.85. The molecule has 1 fully saturated rings. The Hall–Kier alpha value is -0.650. The molecule has 0 spiro atoms. The third-order valence-electron chi connectivity index (χ3n) is 0.952. The Morgan fingerprint density at radius 3 is 2.56 bits per heavy atom. The van der Waals surface area contributed by atoms with E-state index >= 15 is 0 Å². The van der Waals surface area contributed by atoms with E-state index < -0.39 is 18.4 Å². The molecule has 1 unspecified atom stereocenters. The average molecular weight is 134 g/mol. The number of hydrogen-bond donors (Lipinski definition) is 2. The second-order valence-corrected chi connectivity index (χ2v) is 1.58. The van der Waals surface area contributed by atoms with Crippen LogP contribution in [-0.2, 0) is 14.3 Å². The molecule has 0 radical (unpaired) electrons. The monoisotopic (exact) mass is 134 g/mol. The van der Waals surface area contributed by atoms with Gasteiger partial charge >= 0.3 is 5.97 Å². The van der Waals surface area contributed by atoms with Gasteiger partial charge in [0.2, 0.25) is 6.10 Å². The number of aliphatic hydroxyl groups excluding tert-OH is 1. The van der Waals surface area contributed by atoms with Gasteiger partial charge < -0.3 is 19.7 Å². The van der Waals surface area contributed by atoms with Crippen molar-refractivity contribution in [2.45, 2.75) is 12.4 Å². The molecular weight excluding hydrogens is 128 g/mol. The minimum atomic E-state index is -1.78. The molecule has 0 aromatic heterocycles. The Bertz CT molecular complexity index is 120. The third kappa shape index (κ3) is 1.18. The molecule has 5 heteroatoms. The number of carbonyl (C=O) groups is 1. The quantitative estimate of drug-likeness (QED) is 0.327. The number of rotatable bonds is 1. The summed E-state index contributed by atoms with van der Waals surface area (Å²) in [4.78, 5) is 10.3. The largest absolute Gasteiger partial charge is 0.436 e. The van der Waals surface area contributed by atoms with Crippen molar-refractivity contribution in [2.75, 3.05) is 6.79 Å². The third-order valence-corrected chi connectivity index (χ3v) is 0.952. The van der Waals surface area contributed by atoms with Crippen LogP contribution in [0.25, 0.3) is 0 Å². The summed E-state index contributed by atoms with van der Waals surface area (Å²) in [7, 11) is 0. The van der Waals surface area contributed by atoms with Gasteiger partial charge in [-0.25, -0.2) is 4.79 Å². The Morgan fingerprint density at radius 1 is 1.67 bits per heavy atom. The van der Waals surface area contributed by atoms with E-state index in [0.717, 1.165) is 0 Å². The topological polar surface area (TPSA) is 76.0 Å². The maximum atomic E-state index is 10.3. The number of hydrogen-bond acceptors (Lipinski definition) is 5. The van der Waals surface area contributed by atoms with E-state index in [0.29, 0.717) is 0 Å². The van der Waals surface area contributed by atoms with Gasteiger partial charge in [0.1, 0.15) is 0 Å². The SMILES string of the molecule is O=C1OCOC1C(O)O. The van der Waals surface area contributed by atoms with Crippen molar-refractivity contribution >= 4 is 5.97 Å². The van der Waals surface area contributed by atoms with Crippen molar-refractivity contribution in [1.82, 2.24) is 0 Å². The van der Waals surface area contributed by atoms with Gasteiger partial charge in [0.05, 0.1) is 0 Å². The first-order valence-corrected chi connectivity index (χ1v) is 2.36. The first kappa shape index (κ1) is 6.47. The molecule has 0 bridgehead atoms. The summed E-state index contributed by atoms with van der Waals surface area (Å²) in [6.45, 7) is -0.193. The fourth-order valence-electron chi connectivity index (χ4n) is 0.523. The molecule has 1 atom stereocenters. The van der Waals surface area contributed by atoms with Gasteiger partial charge in [0, 0.05) is 0 Å². The van der Waals surface area contributed by atoms with E-state index in [1.54, 1.807) is 0 Å². The second-order valence-electron chi connectivity index (χ2n) is 1.58. The highest BCUT2D eigenvalue weighted by atomic mass is 16.7. The van der Waals surface area contributed by atoms with Gasteiger partial charge in [-0.05, 0) is 0 Å². The van der Waals surface area contributed by atoms with E-state index in [1.165, 1.54) is 0 Å². The van der Waals surface area contributed by atoms with Gasteiger partial charge in [-0.1, -0.05) is 0 Å². The number of ether oxygens (including phenoxy) is 2. The van der Waals surface area contributed by atoms with Crippen LogP contribution in [0.2, 0.25) is 0 Å². The van der Waals surface area contributed by atoms with Gasteiger partial charge in [-0.15, -0.1) is 0 Å². The molecule has 52 valence electrons. The summed E-state index contributed by atoms with van der Waals surface area (Å²) >= 11 is 0. The van der Waals surface area contributed by atoms with Gasteiger partial charge in [0.25, 0.3) is 0 Å². The van der Waals surface area contributed by atoms with E-state index in [4.69, 9.17) is 10.2 Å². The van der Waals surface area contributed by atoms with E-state index in [1.807, 2.05) is 0 Å². The molecule has 0 aliphatic carbocycles. The van der Waals surface area contributed by atoms with Crippen LogP contribution in [0.5, 0.6) is 0 Å². The van der Waals surface area contributed by atoms with Gasteiger partial charge in [0.15, 0.2) is 13.1 Å². The molecular formula is C4H6O5. The van der Waals surface area contributed by atoms with Crippen LogP contribution >= 0.6 is 0 Å². The van der Waals surface area contributed by atoms with E-state index in [-0.39, 0.29) is 6.79 Å². The molecule has 0 amide bonds. The maximum absolute atomic E-state index is 10.3. The predicted octanol–water partition coefficient (Wildman–Crippen LogP) is -1.80. The number of cyclic esters (lactones) is 1. The van der Waals surface area contributed by atoms with Crippen molar-refractivity contribution in [2.24, 2.45) is 0 Å². The summed E-state index contributed by atoms with van der Waals surface area (Å²) < 4.78 is 8.70. The molecule has 1 rings (SSSR count). The highest BCUT2D eigenvalue weighted by Gasteiger charge is 2.32. The van der Waals surface area contributed by atoms with E-state index in [9.17, 15) is 4.79 Å². The van der Waals surface area contributed by atoms with Crippen molar-refractivity contribution < 1.29 is 24.5 Å². The smallest absolute Gasteiger partial charge is 0.342 e. The summed E-state index contributed by atoms with van der Waals surface area (Å²) in [6, 6.07) is 0. The van der Waals surface area contributed by atoms with Crippen LogP contribution in [-0.4, -0.2) is 35.4 Å². The Kier molecular flexibility index (Phi) is 1.65. The highest BCUT2D eigenvalue weighted by molar-refractivity contribution is 5.76.